The second-order valence-electron chi connectivity index (χ2n) is 3.93. The van der Waals surface area contributed by atoms with Crippen LogP contribution in [0.25, 0.3) is 0 Å². The van der Waals surface area contributed by atoms with Gasteiger partial charge < -0.3 is 14.8 Å². The third-order valence-electron chi connectivity index (χ3n) is 2.36. The van der Waals surface area contributed by atoms with E-state index in [9.17, 15) is 9.59 Å². The van der Waals surface area contributed by atoms with Gasteiger partial charge in [0.05, 0.1) is 13.2 Å². The lowest BCUT2D eigenvalue weighted by Gasteiger charge is -2.15. The minimum Gasteiger partial charge on any atom is -0.493 e. The Hall–Kier alpha value is -2.04. The zero-order chi connectivity index (χ0) is 13.7. The van der Waals surface area contributed by atoms with Crippen molar-refractivity contribution in [3.63, 3.8) is 0 Å². The molecule has 0 spiro atoms. The maximum Gasteiger partial charge on any atom is 0.308 e. The molecule has 0 aromatic heterocycles. The van der Waals surface area contributed by atoms with Crippen LogP contribution in [0.4, 0.5) is 0 Å². The molecule has 18 heavy (non-hydrogen) atoms. The maximum atomic E-state index is 11.0. The number of hydrogen-bond acceptors (Lipinski definition) is 4. The number of hydrogen-bond donors (Lipinski definition) is 1. The van der Waals surface area contributed by atoms with Crippen molar-refractivity contribution in [2.24, 2.45) is 0 Å². The molecule has 0 aliphatic rings. The van der Waals surface area contributed by atoms with Crippen molar-refractivity contribution in [2.45, 2.75) is 26.8 Å². The molecule has 0 bridgehead atoms. The standard InChI is InChI=1S/C13H17NO4/c1-8(14-9(2)15)11-5-6-12(18-10(3)16)13(7-11)17-4/h5-8H,1-4H3,(H,14,15)/t8-/m1/s1. The molecule has 1 amide bonds. The number of benzene rings is 1. The number of esters is 1. The summed E-state index contributed by atoms with van der Waals surface area (Å²) in [5, 5.41) is 2.77. The summed E-state index contributed by atoms with van der Waals surface area (Å²) in [5.41, 5.74) is 0.873. The highest BCUT2D eigenvalue weighted by molar-refractivity contribution is 5.73. The summed E-state index contributed by atoms with van der Waals surface area (Å²) in [6.07, 6.45) is 0. The van der Waals surface area contributed by atoms with Crippen LogP contribution in [-0.2, 0) is 9.59 Å². The summed E-state index contributed by atoms with van der Waals surface area (Å²) in [7, 11) is 1.50. The van der Waals surface area contributed by atoms with E-state index < -0.39 is 5.97 Å². The number of amides is 1. The average Bonchev–Trinajstić information content (AvgIpc) is 2.27. The zero-order valence-corrected chi connectivity index (χ0v) is 10.9. The van der Waals surface area contributed by atoms with Gasteiger partial charge in [-0.2, -0.15) is 0 Å². The van der Waals surface area contributed by atoms with E-state index in [4.69, 9.17) is 9.47 Å². The van der Waals surface area contributed by atoms with Gasteiger partial charge in [-0.05, 0) is 24.6 Å². The van der Waals surface area contributed by atoms with Crippen LogP contribution in [0.5, 0.6) is 11.5 Å². The summed E-state index contributed by atoms with van der Waals surface area (Å²) in [6.45, 7) is 4.65. The quantitative estimate of drug-likeness (QED) is 0.655. The van der Waals surface area contributed by atoms with Crippen molar-refractivity contribution in [2.75, 3.05) is 7.11 Å². The van der Waals surface area contributed by atoms with E-state index in [0.29, 0.717) is 11.5 Å². The number of carbonyl (C=O) groups is 2. The molecule has 0 saturated heterocycles. The summed E-state index contributed by atoms with van der Waals surface area (Å²) in [5.74, 6) is 0.310. The second-order valence-corrected chi connectivity index (χ2v) is 3.93. The Balaban J connectivity index is 2.97. The Labute approximate surface area is 106 Å². The Morgan fingerprint density at radius 1 is 1.22 bits per heavy atom. The smallest absolute Gasteiger partial charge is 0.308 e. The van der Waals surface area contributed by atoms with Crippen LogP contribution in [0.1, 0.15) is 32.4 Å². The van der Waals surface area contributed by atoms with E-state index >= 15 is 0 Å². The van der Waals surface area contributed by atoms with E-state index in [1.54, 1.807) is 18.2 Å². The molecule has 0 aliphatic carbocycles. The minimum atomic E-state index is -0.407. The first kappa shape index (κ1) is 14.0. The zero-order valence-electron chi connectivity index (χ0n) is 10.9. The number of nitrogens with one attached hydrogen (secondary N) is 1. The minimum absolute atomic E-state index is 0.106. The van der Waals surface area contributed by atoms with E-state index in [2.05, 4.69) is 5.32 Å². The van der Waals surface area contributed by atoms with Crippen LogP contribution < -0.4 is 14.8 Å². The van der Waals surface area contributed by atoms with E-state index in [1.807, 2.05) is 6.92 Å². The monoisotopic (exact) mass is 251 g/mol. The molecule has 98 valence electrons. The molecule has 0 saturated carbocycles. The van der Waals surface area contributed by atoms with Crippen LogP contribution in [0.2, 0.25) is 0 Å². The molecule has 0 radical (unpaired) electrons. The Kier molecular flexibility index (Phi) is 4.71. The van der Waals surface area contributed by atoms with Gasteiger partial charge in [-0.15, -0.1) is 0 Å². The van der Waals surface area contributed by atoms with Gasteiger partial charge in [-0.25, -0.2) is 0 Å². The van der Waals surface area contributed by atoms with Crippen molar-refractivity contribution >= 4 is 11.9 Å². The Bertz CT molecular complexity index is 456. The number of carbonyl (C=O) groups excluding carboxylic acids is 2. The van der Waals surface area contributed by atoms with Crippen LogP contribution >= 0.6 is 0 Å². The first-order valence-corrected chi connectivity index (χ1v) is 5.57. The molecule has 0 unspecified atom stereocenters. The molecule has 0 fully saturated rings. The Morgan fingerprint density at radius 2 is 1.89 bits per heavy atom. The van der Waals surface area contributed by atoms with Crippen molar-refractivity contribution in [1.29, 1.82) is 0 Å². The summed E-state index contributed by atoms with van der Waals surface area (Å²) < 4.78 is 10.2. The van der Waals surface area contributed by atoms with Gasteiger partial charge in [0, 0.05) is 13.8 Å². The van der Waals surface area contributed by atoms with Crippen LogP contribution in [0, 0.1) is 0 Å². The van der Waals surface area contributed by atoms with Gasteiger partial charge in [0.15, 0.2) is 11.5 Å². The van der Waals surface area contributed by atoms with Crippen LogP contribution in [0.15, 0.2) is 18.2 Å². The number of methoxy groups -OCH3 is 1. The lowest BCUT2D eigenvalue weighted by Crippen LogP contribution is -2.23. The predicted molar refractivity (Wildman–Crippen MR) is 66.5 cm³/mol. The van der Waals surface area contributed by atoms with Gasteiger partial charge >= 0.3 is 5.97 Å². The topological polar surface area (TPSA) is 64.6 Å². The molecule has 5 nitrogen and oxygen atoms in total. The van der Waals surface area contributed by atoms with Gasteiger partial charge in [0.2, 0.25) is 5.91 Å². The van der Waals surface area contributed by atoms with Crippen LogP contribution in [-0.4, -0.2) is 19.0 Å². The largest absolute Gasteiger partial charge is 0.493 e. The van der Waals surface area contributed by atoms with Gasteiger partial charge in [0.1, 0.15) is 0 Å². The first-order chi connectivity index (χ1) is 8.43. The normalized spacial score (nSPS) is 11.6. The van der Waals surface area contributed by atoms with Crippen molar-refractivity contribution in [3.05, 3.63) is 23.8 Å². The van der Waals surface area contributed by atoms with Crippen LogP contribution in [0.3, 0.4) is 0 Å². The molecule has 1 rings (SSSR count). The third-order valence-corrected chi connectivity index (χ3v) is 2.36. The summed E-state index contributed by atoms with van der Waals surface area (Å²) >= 11 is 0. The molecule has 1 atom stereocenters. The lowest BCUT2D eigenvalue weighted by atomic mass is 10.1. The average molecular weight is 251 g/mol. The predicted octanol–water partition coefficient (Wildman–Crippen LogP) is 1.82. The fourth-order valence-electron chi connectivity index (χ4n) is 1.58. The van der Waals surface area contributed by atoms with Gasteiger partial charge in [-0.1, -0.05) is 6.07 Å². The van der Waals surface area contributed by atoms with Crippen molar-refractivity contribution < 1.29 is 19.1 Å². The fourth-order valence-corrected chi connectivity index (χ4v) is 1.58. The van der Waals surface area contributed by atoms with E-state index in [1.165, 1.54) is 21.0 Å². The highest BCUT2D eigenvalue weighted by Gasteiger charge is 2.12. The molecule has 1 N–H and O–H groups in total. The van der Waals surface area contributed by atoms with Crippen molar-refractivity contribution in [3.8, 4) is 11.5 Å². The van der Waals surface area contributed by atoms with E-state index in [0.717, 1.165) is 5.56 Å². The fraction of sp³-hybridized carbons (Fsp3) is 0.385. The van der Waals surface area contributed by atoms with Gasteiger partial charge in [-0.3, -0.25) is 9.59 Å². The highest BCUT2D eigenvalue weighted by Crippen LogP contribution is 2.30. The molecular formula is C13H17NO4. The summed E-state index contributed by atoms with van der Waals surface area (Å²) in [6, 6.07) is 5.02. The number of ether oxygens (including phenoxy) is 2. The van der Waals surface area contributed by atoms with Gasteiger partial charge in [0.25, 0.3) is 0 Å². The molecule has 0 aliphatic heterocycles. The molecule has 5 heteroatoms. The third kappa shape index (κ3) is 3.76. The Morgan fingerprint density at radius 3 is 2.39 bits per heavy atom. The first-order valence-electron chi connectivity index (χ1n) is 5.57. The maximum absolute atomic E-state index is 11.0. The number of rotatable bonds is 4. The van der Waals surface area contributed by atoms with E-state index in [-0.39, 0.29) is 11.9 Å². The highest BCUT2D eigenvalue weighted by atomic mass is 16.6. The van der Waals surface area contributed by atoms with Crippen molar-refractivity contribution in [1.82, 2.24) is 5.32 Å². The molecular weight excluding hydrogens is 234 g/mol. The molecule has 0 heterocycles. The molecule has 1 aromatic rings. The lowest BCUT2D eigenvalue weighted by molar-refractivity contribution is -0.132. The SMILES string of the molecule is COc1cc([C@@H](C)NC(C)=O)ccc1OC(C)=O. The molecule has 1 aromatic carbocycles. The summed E-state index contributed by atoms with van der Waals surface area (Å²) in [4.78, 5) is 21.9. The second kappa shape index (κ2) is 6.05.